The smallest absolute Gasteiger partial charge is 0.148 e. The zero-order valence-corrected chi connectivity index (χ0v) is 10.2. The number of hydrogen-bond acceptors (Lipinski definition) is 0. The van der Waals surface area contributed by atoms with Crippen molar-refractivity contribution in [2.24, 2.45) is 0 Å². The Morgan fingerprint density at radius 2 is 1.76 bits per heavy atom. The van der Waals surface area contributed by atoms with Crippen LogP contribution in [-0.2, 0) is 6.42 Å². The van der Waals surface area contributed by atoms with Gasteiger partial charge in [-0.25, -0.2) is 8.78 Å². The van der Waals surface area contributed by atoms with E-state index in [1.807, 2.05) is 0 Å². The molecule has 0 spiro atoms. The molecule has 0 nitrogen and oxygen atoms in total. The third-order valence-electron chi connectivity index (χ3n) is 2.41. The van der Waals surface area contributed by atoms with Crippen LogP contribution in [0.2, 0.25) is 10.0 Å². The Balaban J connectivity index is 2.39. The lowest BCUT2D eigenvalue weighted by atomic mass is 10.0. The molecule has 2 aromatic carbocycles. The van der Waals surface area contributed by atoms with Crippen molar-refractivity contribution >= 4 is 23.2 Å². The van der Waals surface area contributed by atoms with Crippen LogP contribution in [0.25, 0.3) is 0 Å². The summed E-state index contributed by atoms with van der Waals surface area (Å²) in [4.78, 5) is 0. The van der Waals surface area contributed by atoms with E-state index in [2.05, 4.69) is 0 Å². The van der Waals surface area contributed by atoms with E-state index < -0.39 is 11.6 Å². The number of halogens is 4. The SMILES string of the molecule is Fc1ccc(Cl)c(F)c1Cc1cccc(Cl)c1. The molecule has 2 aromatic rings. The molecule has 0 aliphatic heterocycles. The van der Waals surface area contributed by atoms with Gasteiger partial charge in [0, 0.05) is 17.0 Å². The average Bonchev–Trinajstić information content (AvgIpc) is 2.30. The maximum Gasteiger partial charge on any atom is 0.148 e. The van der Waals surface area contributed by atoms with Crippen LogP contribution in [-0.4, -0.2) is 0 Å². The molecule has 0 atom stereocenters. The predicted octanol–water partition coefficient (Wildman–Crippen LogP) is 4.86. The molecule has 17 heavy (non-hydrogen) atoms. The summed E-state index contributed by atoms with van der Waals surface area (Å²) in [7, 11) is 0. The molecule has 0 radical (unpaired) electrons. The minimum atomic E-state index is -0.716. The van der Waals surface area contributed by atoms with Crippen LogP contribution in [0.3, 0.4) is 0 Å². The lowest BCUT2D eigenvalue weighted by molar-refractivity contribution is 0.561. The monoisotopic (exact) mass is 272 g/mol. The fraction of sp³-hybridized carbons (Fsp3) is 0.0769. The van der Waals surface area contributed by atoms with Crippen molar-refractivity contribution in [3.8, 4) is 0 Å². The second-order valence-electron chi connectivity index (χ2n) is 3.63. The Kier molecular flexibility index (Phi) is 3.65. The van der Waals surface area contributed by atoms with Crippen molar-refractivity contribution in [1.29, 1.82) is 0 Å². The Hall–Kier alpha value is -1.12. The quantitative estimate of drug-likeness (QED) is 0.685. The summed E-state index contributed by atoms with van der Waals surface area (Å²) in [5.74, 6) is -1.32. The lowest BCUT2D eigenvalue weighted by Gasteiger charge is -2.06. The predicted molar refractivity (Wildman–Crippen MR) is 65.6 cm³/mol. The Morgan fingerprint density at radius 3 is 2.47 bits per heavy atom. The molecule has 0 saturated carbocycles. The van der Waals surface area contributed by atoms with Gasteiger partial charge in [0.25, 0.3) is 0 Å². The molecule has 0 fully saturated rings. The van der Waals surface area contributed by atoms with E-state index in [-0.39, 0.29) is 17.0 Å². The summed E-state index contributed by atoms with van der Waals surface area (Å²) >= 11 is 11.4. The molecule has 2 rings (SSSR count). The molecule has 0 saturated heterocycles. The van der Waals surface area contributed by atoms with Crippen molar-refractivity contribution in [2.45, 2.75) is 6.42 Å². The van der Waals surface area contributed by atoms with Crippen LogP contribution in [0, 0.1) is 11.6 Å². The van der Waals surface area contributed by atoms with Gasteiger partial charge in [0.05, 0.1) is 5.02 Å². The van der Waals surface area contributed by atoms with Gasteiger partial charge < -0.3 is 0 Å². The van der Waals surface area contributed by atoms with E-state index in [4.69, 9.17) is 23.2 Å². The third kappa shape index (κ3) is 2.76. The molecule has 0 aliphatic carbocycles. The number of benzene rings is 2. The highest BCUT2D eigenvalue weighted by Crippen LogP contribution is 2.24. The fourth-order valence-corrected chi connectivity index (χ4v) is 1.97. The van der Waals surface area contributed by atoms with Crippen LogP contribution in [0.4, 0.5) is 8.78 Å². The minimum Gasteiger partial charge on any atom is -0.207 e. The molecular formula is C13H8Cl2F2. The van der Waals surface area contributed by atoms with Crippen molar-refractivity contribution in [3.63, 3.8) is 0 Å². The zero-order valence-electron chi connectivity index (χ0n) is 8.68. The van der Waals surface area contributed by atoms with Crippen molar-refractivity contribution in [1.82, 2.24) is 0 Å². The van der Waals surface area contributed by atoms with Crippen molar-refractivity contribution in [2.75, 3.05) is 0 Å². The normalized spacial score (nSPS) is 10.6. The largest absolute Gasteiger partial charge is 0.207 e. The van der Waals surface area contributed by atoms with Crippen LogP contribution >= 0.6 is 23.2 Å². The first kappa shape index (κ1) is 12.3. The summed E-state index contributed by atoms with van der Waals surface area (Å²) in [5, 5.41) is 0.453. The summed E-state index contributed by atoms with van der Waals surface area (Å²) in [6.07, 6.45) is 0.124. The van der Waals surface area contributed by atoms with Crippen LogP contribution in [0.15, 0.2) is 36.4 Å². The Bertz CT molecular complexity index is 553. The summed E-state index contributed by atoms with van der Waals surface area (Å²) in [6.45, 7) is 0. The van der Waals surface area contributed by atoms with Crippen LogP contribution in [0.1, 0.15) is 11.1 Å². The van der Waals surface area contributed by atoms with E-state index in [1.54, 1.807) is 24.3 Å². The zero-order chi connectivity index (χ0) is 12.4. The first-order valence-corrected chi connectivity index (χ1v) is 5.70. The van der Waals surface area contributed by atoms with E-state index in [1.165, 1.54) is 6.07 Å². The second-order valence-corrected chi connectivity index (χ2v) is 4.47. The fourth-order valence-electron chi connectivity index (χ4n) is 1.58. The summed E-state index contributed by atoms with van der Waals surface area (Å²) in [6, 6.07) is 9.22. The molecule has 0 N–H and O–H groups in total. The van der Waals surface area contributed by atoms with Gasteiger partial charge >= 0.3 is 0 Å². The first-order chi connectivity index (χ1) is 8.08. The van der Waals surface area contributed by atoms with Crippen LogP contribution in [0.5, 0.6) is 0 Å². The maximum absolute atomic E-state index is 13.6. The van der Waals surface area contributed by atoms with E-state index in [0.29, 0.717) is 5.02 Å². The minimum absolute atomic E-state index is 0.0419. The van der Waals surface area contributed by atoms with Gasteiger partial charge in [0.15, 0.2) is 0 Å². The van der Waals surface area contributed by atoms with Gasteiger partial charge in [0.2, 0.25) is 0 Å². The Morgan fingerprint density at radius 1 is 1.00 bits per heavy atom. The molecule has 0 aliphatic rings. The highest BCUT2D eigenvalue weighted by atomic mass is 35.5. The van der Waals surface area contributed by atoms with Gasteiger partial charge in [-0.3, -0.25) is 0 Å². The molecule has 4 heteroatoms. The lowest BCUT2D eigenvalue weighted by Crippen LogP contribution is -1.98. The third-order valence-corrected chi connectivity index (χ3v) is 2.94. The Labute approximate surface area is 108 Å². The standard InChI is InChI=1S/C13H8Cl2F2/c14-9-3-1-2-8(6-9)7-10-12(16)5-4-11(15)13(10)17/h1-6H,7H2. The summed E-state index contributed by atoms with van der Waals surface area (Å²) < 4.78 is 27.1. The molecule has 0 heterocycles. The molecule has 0 bridgehead atoms. The highest BCUT2D eigenvalue weighted by Gasteiger charge is 2.13. The highest BCUT2D eigenvalue weighted by molar-refractivity contribution is 6.31. The number of hydrogen-bond donors (Lipinski definition) is 0. The first-order valence-electron chi connectivity index (χ1n) is 4.95. The van der Waals surface area contributed by atoms with Crippen LogP contribution < -0.4 is 0 Å². The molecular weight excluding hydrogens is 265 g/mol. The van der Waals surface area contributed by atoms with Crippen molar-refractivity contribution < 1.29 is 8.78 Å². The van der Waals surface area contributed by atoms with Gasteiger partial charge in [-0.1, -0.05) is 35.3 Å². The molecule has 0 amide bonds. The number of rotatable bonds is 2. The average molecular weight is 273 g/mol. The van der Waals surface area contributed by atoms with Gasteiger partial charge in [-0.2, -0.15) is 0 Å². The molecule has 0 unspecified atom stereocenters. The van der Waals surface area contributed by atoms with Gasteiger partial charge in [0.1, 0.15) is 11.6 Å². The van der Waals surface area contributed by atoms with E-state index in [0.717, 1.165) is 11.6 Å². The topological polar surface area (TPSA) is 0 Å². The molecule has 0 aromatic heterocycles. The van der Waals surface area contributed by atoms with E-state index in [9.17, 15) is 8.78 Å². The van der Waals surface area contributed by atoms with Gasteiger partial charge in [-0.15, -0.1) is 0 Å². The second kappa shape index (κ2) is 5.03. The van der Waals surface area contributed by atoms with Crippen molar-refractivity contribution in [3.05, 3.63) is 69.2 Å². The maximum atomic E-state index is 13.6. The molecule has 88 valence electrons. The van der Waals surface area contributed by atoms with Gasteiger partial charge in [-0.05, 0) is 29.8 Å². The summed E-state index contributed by atoms with van der Waals surface area (Å²) in [5.41, 5.74) is 0.692. The van der Waals surface area contributed by atoms with E-state index >= 15 is 0 Å².